The van der Waals surface area contributed by atoms with Gasteiger partial charge in [0.2, 0.25) is 0 Å². The maximum Gasteiger partial charge on any atom is 0.255 e. The van der Waals surface area contributed by atoms with Gasteiger partial charge in [-0.3, -0.25) is 4.79 Å². The summed E-state index contributed by atoms with van der Waals surface area (Å²) in [5, 5.41) is 27.6. The molecule has 0 aliphatic carbocycles. The molecule has 1 fully saturated rings. The maximum absolute atomic E-state index is 14.7. The minimum absolute atomic E-state index is 0.108. The highest BCUT2D eigenvalue weighted by Gasteiger charge is 2.29. The summed E-state index contributed by atoms with van der Waals surface area (Å²) in [6.07, 6.45) is 3.69. The van der Waals surface area contributed by atoms with Gasteiger partial charge in [0.1, 0.15) is 5.82 Å². The number of carbonyl (C=O) groups is 1. The minimum atomic E-state index is -0.549. The van der Waals surface area contributed by atoms with Crippen molar-refractivity contribution in [3.05, 3.63) is 59.2 Å². The lowest BCUT2D eigenvalue weighted by Crippen LogP contribution is -2.22. The van der Waals surface area contributed by atoms with E-state index in [2.05, 4.69) is 15.2 Å². The number of halogens is 1. The highest BCUT2D eigenvalue weighted by atomic mass is 19.1. The third kappa shape index (κ3) is 4.00. The second kappa shape index (κ2) is 8.85. The average Bonchev–Trinajstić information content (AvgIpc) is 3.57. The van der Waals surface area contributed by atoms with Crippen molar-refractivity contribution in [2.75, 3.05) is 31.6 Å². The van der Waals surface area contributed by atoms with Gasteiger partial charge in [-0.1, -0.05) is 6.07 Å². The Balaban J connectivity index is 1.50. The van der Waals surface area contributed by atoms with E-state index in [1.54, 1.807) is 30.1 Å². The maximum atomic E-state index is 14.7. The number of carbonyl (C=O) groups excluding carboxylic acids is 1. The molecule has 4 heterocycles. The Morgan fingerprint density at radius 1 is 1.35 bits per heavy atom. The van der Waals surface area contributed by atoms with Crippen molar-refractivity contribution < 1.29 is 14.4 Å². The van der Waals surface area contributed by atoms with Crippen LogP contribution in [0, 0.1) is 23.1 Å². The van der Waals surface area contributed by atoms with E-state index in [1.807, 2.05) is 12.1 Å². The lowest BCUT2D eigenvalue weighted by molar-refractivity contribution is -0.0676. The molecule has 174 valence electrons. The lowest BCUT2D eigenvalue weighted by Gasteiger charge is -2.16. The van der Waals surface area contributed by atoms with E-state index in [1.165, 1.54) is 17.2 Å². The zero-order valence-corrected chi connectivity index (χ0v) is 18.7. The number of hydrogen-bond donors (Lipinski definition) is 2. The molecule has 1 amide bonds. The van der Waals surface area contributed by atoms with Crippen molar-refractivity contribution in [1.82, 2.24) is 25.1 Å². The molecule has 2 N–H and O–H groups in total. The summed E-state index contributed by atoms with van der Waals surface area (Å²) in [5.74, 6) is 0.443. The number of benzene rings is 1. The van der Waals surface area contributed by atoms with Crippen LogP contribution in [-0.4, -0.2) is 57.6 Å². The molecule has 0 radical (unpaired) electrons. The van der Waals surface area contributed by atoms with Crippen LogP contribution in [0.3, 0.4) is 0 Å². The molecule has 0 saturated carbocycles. The van der Waals surface area contributed by atoms with Crippen LogP contribution in [0.5, 0.6) is 0 Å². The number of pyridine rings is 1. The van der Waals surface area contributed by atoms with E-state index in [-0.39, 0.29) is 29.3 Å². The van der Waals surface area contributed by atoms with Gasteiger partial charge in [-0.2, -0.15) is 15.4 Å². The molecule has 1 atom stereocenters. The number of nitrogens with zero attached hydrogens (tertiary/aromatic N) is 6. The fourth-order valence-electron chi connectivity index (χ4n) is 4.66. The molecular formula is C24H24FN7O2. The van der Waals surface area contributed by atoms with E-state index in [9.17, 15) is 19.7 Å². The zero-order chi connectivity index (χ0) is 23.8. The van der Waals surface area contributed by atoms with Gasteiger partial charge in [0.25, 0.3) is 5.91 Å². The van der Waals surface area contributed by atoms with Crippen molar-refractivity contribution in [2.45, 2.75) is 19.4 Å². The summed E-state index contributed by atoms with van der Waals surface area (Å²) < 4.78 is 16.3. The van der Waals surface area contributed by atoms with Crippen LogP contribution in [-0.2, 0) is 6.54 Å². The number of hydroxylamine groups is 2. The first-order chi connectivity index (χ1) is 16.4. The molecule has 0 unspecified atom stereocenters. The van der Waals surface area contributed by atoms with E-state index in [4.69, 9.17) is 5.10 Å². The monoisotopic (exact) mass is 461 g/mol. The predicted octanol–water partition coefficient (Wildman–Crippen LogP) is 2.73. The fraction of sp³-hybridized carbons (Fsp3) is 0.333. The topological polar surface area (TPSA) is 110 Å². The van der Waals surface area contributed by atoms with Gasteiger partial charge < -0.3 is 15.4 Å². The summed E-state index contributed by atoms with van der Waals surface area (Å²) in [5.41, 5.74) is 1.96. The Hall–Kier alpha value is -3.81. The average molecular weight is 462 g/mol. The summed E-state index contributed by atoms with van der Waals surface area (Å²) in [6.45, 7) is 2.55. The van der Waals surface area contributed by atoms with Gasteiger partial charge in [-0.25, -0.2) is 14.1 Å². The van der Waals surface area contributed by atoms with Gasteiger partial charge in [0, 0.05) is 38.9 Å². The second-order valence-electron chi connectivity index (χ2n) is 8.69. The fourth-order valence-corrected chi connectivity index (χ4v) is 4.66. The van der Waals surface area contributed by atoms with E-state index in [0.29, 0.717) is 29.4 Å². The van der Waals surface area contributed by atoms with E-state index < -0.39 is 5.82 Å². The number of aromatic nitrogens is 3. The van der Waals surface area contributed by atoms with Gasteiger partial charge in [-0.05, 0) is 37.0 Å². The molecule has 9 nitrogen and oxygen atoms in total. The summed E-state index contributed by atoms with van der Waals surface area (Å²) >= 11 is 0. The lowest BCUT2D eigenvalue weighted by atomic mass is 10.0. The van der Waals surface area contributed by atoms with Crippen LogP contribution in [0.15, 0.2) is 36.5 Å². The van der Waals surface area contributed by atoms with Crippen molar-refractivity contribution in [3.63, 3.8) is 0 Å². The molecule has 3 aromatic rings. The quantitative estimate of drug-likeness (QED) is 0.543. The standard InChI is InChI=1S/C24H24FN7O2/c1-30(34)8-5-15-6-9-31(14-15)21-7-10-32(29-21)20-11-18(28-19-13-27-24(33)23(19)20)22-16(12-26)3-2-4-17(22)25/h2-4,7,10-11,15,34H,5-6,8-9,13-14H2,1H3,(H,27,33)/t15-/m1/s1. The van der Waals surface area contributed by atoms with Gasteiger partial charge in [-0.15, -0.1) is 0 Å². The molecule has 2 aliphatic heterocycles. The molecule has 0 bridgehead atoms. The number of nitrogens with one attached hydrogen (secondary N) is 1. The Labute approximate surface area is 196 Å². The molecule has 34 heavy (non-hydrogen) atoms. The smallest absolute Gasteiger partial charge is 0.255 e. The first-order valence-electron chi connectivity index (χ1n) is 11.2. The Morgan fingerprint density at radius 2 is 2.21 bits per heavy atom. The number of hydrogen-bond acceptors (Lipinski definition) is 7. The molecule has 1 saturated heterocycles. The Kier molecular flexibility index (Phi) is 5.73. The third-order valence-electron chi connectivity index (χ3n) is 6.40. The molecular weight excluding hydrogens is 437 g/mol. The number of anilines is 1. The van der Waals surface area contributed by atoms with Crippen molar-refractivity contribution in [3.8, 4) is 23.0 Å². The van der Waals surface area contributed by atoms with Crippen LogP contribution in [0.2, 0.25) is 0 Å². The third-order valence-corrected chi connectivity index (χ3v) is 6.40. The van der Waals surface area contributed by atoms with Crippen LogP contribution in [0.1, 0.15) is 34.5 Å². The van der Waals surface area contributed by atoms with E-state index in [0.717, 1.165) is 31.7 Å². The molecule has 2 aliphatic rings. The molecule has 10 heteroatoms. The van der Waals surface area contributed by atoms with Crippen LogP contribution in [0.25, 0.3) is 16.9 Å². The van der Waals surface area contributed by atoms with E-state index >= 15 is 0 Å². The number of rotatable bonds is 6. The Morgan fingerprint density at radius 3 is 3.00 bits per heavy atom. The number of nitriles is 1. The van der Waals surface area contributed by atoms with Crippen molar-refractivity contribution in [2.24, 2.45) is 5.92 Å². The first kappa shape index (κ1) is 22.0. The molecule has 5 rings (SSSR count). The van der Waals surface area contributed by atoms with Crippen molar-refractivity contribution >= 4 is 11.7 Å². The van der Waals surface area contributed by atoms with Crippen LogP contribution < -0.4 is 10.2 Å². The van der Waals surface area contributed by atoms with Gasteiger partial charge >= 0.3 is 0 Å². The Bertz CT molecular complexity index is 1300. The van der Waals surface area contributed by atoms with Crippen LogP contribution >= 0.6 is 0 Å². The van der Waals surface area contributed by atoms with Crippen molar-refractivity contribution in [1.29, 1.82) is 5.26 Å². The van der Waals surface area contributed by atoms with Crippen LogP contribution in [0.4, 0.5) is 10.2 Å². The highest BCUT2D eigenvalue weighted by molar-refractivity contribution is 6.01. The highest BCUT2D eigenvalue weighted by Crippen LogP contribution is 2.32. The summed E-state index contributed by atoms with van der Waals surface area (Å²) in [6, 6.07) is 9.85. The first-order valence-corrected chi connectivity index (χ1v) is 11.2. The molecule has 1 aromatic carbocycles. The molecule has 2 aromatic heterocycles. The SMILES string of the molecule is CN(O)CC[C@@H]1CCN(c2ccn(-c3cc(-c4c(F)cccc4C#N)nc4c3C(=O)NC4)n2)C1. The molecule has 0 spiro atoms. The minimum Gasteiger partial charge on any atom is -0.355 e. The number of amides is 1. The van der Waals surface area contributed by atoms with Gasteiger partial charge in [0.15, 0.2) is 5.82 Å². The zero-order valence-electron chi connectivity index (χ0n) is 18.7. The van der Waals surface area contributed by atoms with Gasteiger partial charge in [0.05, 0.1) is 46.4 Å². The summed E-state index contributed by atoms with van der Waals surface area (Å²) in [4.78, 5) is 19.3. The largest absolute Gasteiger partial charge is 0.355 e. The summed E-state index contributed by atoms with van der Waals surface area (Å²) in [7, 11) is 1.65. The normalized spacial score (nSPS) is 17.2. The number of fused-ring (bicyclic) bond motifs is 1. The predicted molar refractivity (Wildman–Crippen MR) is 122 cm³/mol. The second-order valence-corrected chi connectivity index (χ2v) is 8.69.